The van der Waals surface area contributed by atoms with Crippen LogP contribution in [-0.2, 0) is 22.8 Å². The second-order valence-electron chi connectivity index (χ2n) is 3.11. The number of hydrogen-bond donors (Lipinski definition) is 2. The Labute approximate surface area is 85.6 Å². The van der Waals surface area contributed by atoms with Crippen LogP contribution in [0.5, 0.6) is 5.75 Å². The molecule has 0 bridgehead atoms. The van der Waals surface area contributed by atoms with Gasteiger partial charge in [0.2, 0.25) is 0 Å². The molecule has 0 fully saturated rings. The number of benzene rings is 1. The Balaban J connectivity index is 2.50. The molecule has 2 rings (SSSR count). The molecule has 1 heterocycles. The van der Waals surface area contributed by atoms with Gasteiger partial charge in [0, 0.05) is 5.56 Å². The van der Waals surface area contributed by atoms with Crippen molar-refractivity contribution in [1.82, 2.24) is 0 Å². The van der Waals surface area contributed by atoms with Gasteiger partial charge in [-0.1, -0.05) is 0 Å². The van der Waals surface area contributed by atoms with E-state index in [9.17, 15) is 4.79 Å². The van der Waals surface area contributed by atoms with Gasteiger partial charge >= 0.3 is 5.97 Å². The SMILES string of the molecule is NOCc1cc(ON)cc2c1COC2=O. The van der Waals surface area contributed by atoms with E-state index in [2.05, 4.69) is 9.68 Å². The first kappa shape index (κ1) is 9.91. The molecule has 0 aromatic heterocycles. The number of carbonyl (C=O) groups excluding carboxylic acids is 1. The second-order valence-corrected chi connectivity index (χ2v) is 3.11. The number of hydrogen-bond acceptors (Lipinski definition) is 6. The molecule has 0 aliphatic carbocycles. The number of carbonyl (C=O) groups is 1. The van der Waals surface area contributed by atoms with E-state index < -0.39 is 0 Å². The maximum Gasteiger partial charge on any atom is 0.339 e. The van der Waals surface area contributed by atoms with Crippen LogP contribution in [0.2, 0.25) is 0 Å². The first-order valence-electron chi connectivity index (χ1n) is 4.27. The molecule has 4 N–H and O–H groups in total. The summed E-state index contributed by atoms with van der Waals surface area (Å²) in [6.45, 7) is 0.411. The van der Waals surface area contributed by atoms with Crippen molar-refractivity contribution in [3.8, 4) is 5.75 Å². The Bertz CT molecular complexity index is 405. The molecular formula is C9H10N2O4. The summed E-state index contributed by atoms with van der Waals surface area (Å²) in [4.78, 5) is 20.4. The molecule has 0 saturated heterocycles. The Kier molecular flexibility index (Phi) is 2.55. The Morgan fingerprint density at radius 3 is 2.87 bits per heavy atom. The van der Waals surface area contributed by atoms with Gasteiger partial charge in [-0.25, -0.2) is 10.7 Å². The van der Waals surface area contributed by atoms with Crippen molar-refractivity contribution in [2.24, 2.45) is 11.8 Å². The number of esters is 1. The lowest BCUT2D eigenvalue weighted by atomic mass is 10.0. The smallest absolute Gasteiger partial charge is 0.339 e. The molecule has 0 atom stereocenters. The van der Waals surface area contributed by atoms with Gasteiger partial charge in [0.15, 0.2) is 0 Å². The lowest BCUT2D eigenvalue weighted by Crippen LogP contribution is -2.07. The second kappa shape index (κ2) is 3.85. The van der Waals surface area contributed by atoms with Gasteiger partial charge < -0.3 is 9.57 Å². The molecule has 6 nitrogen and oxygen atoms in total. The van der Waals surface area contributed by atoms with Crippen LogP contribution in [0.25, 0.3) is 0 Å². The summed E-state index contributed by atoms with van der Waals surface area (Å²) in [5, 5.41) is 0. The van der Waals surface area contributed by atoms with Crippen molar-refractivity contribution in [3.05, 3.63) is 28.8 Å². The molecule has 1 aliphatic rings. The van der Waals surface area contributed by atoms with Gasteiger partial charge in [-0.2, -0.15) is 5.90 Å². The molecule has 15 heavy (non-hydrogen) atoms. The van der Waals surface area contributed by atoms with Gasteiger partial charge in [0.25, 0.3) is 0 Å². The molecule has 0 amide bonds. The number of nitrogens with two attached hydrogens (primary N) is 2. The van der Waals surface area contributed by atoms with E-state index in [4.69, 9.17) is 16.5 Å². The lowest BCUT2D eigenvalue weighted by molar-refractivity contribution is 0.0533. The van der Waals surface area contributed by atoms with E-state index in [0.717, 1.165) is 11.1 Å². The van der Waals surface area contributed by atoms with Crippen LogP contribution in [0.3, 0.4) is 0 Å². The maximum atomic E-state index is 11.3. The van der Waals surface area contributed by atoms with Crippen molar-refractivity contribution in [1.29, 1.82) is 0 Å². The summed E-state index contributed by atoms with van der Waals surface area (Å²) in [7, 11) is 0. The highest BCUT2D eigenvalue weighted by molar-refractivity contribution is 5.94. The Morgan fingerprint density at radius 1 is 1.40 bits per heavy atom. The minimum Gasteiger partial charge on any atom is -0.457 e. The van der Waals surface area contributed by atoms with Gasteiger partial charge in [-0.05, 0) is 17.7 Å². The predicted octanol–water partition coefficient (Wildman–Crippen LogP) is -0.000200. The molecule has 0 radical (unpaired) electrons. The standard InChI is InChI=1S/C9H10N2O4/c10-14-3-5-1-6(15-11)2-7-8(5)4-13-9(7)12/h1-2H,3-4,10-11H2. The van der Waals surface area contributed by atoms with Gasteiger partial charge in [0.05, 0.1) is 12.2 Å². The maximum absolute atomic E-state index is 11.3. The van der Waals surface area contributed by atoms with Gasteiger partial charge in [-0.15, -0.1) is 0 Å². The lowest BCUT2D eigenvalue weighted by Gasteiger charge is -2.06. The fourth-order valence-electron chi connectivity index (χ4n) is 1.56. The average Bonchev–Trinajstić information content (AvgIpc) is 2.61. The molecule has 6 heteroatoms. The van der Waals surface area contributed by atoms with E-state index >= 15 is 0 Å². The summed E-state index contributed by atoms with van der Waals surface area (Å²) in [6.07, 6.45) is 0. The minimum atomic E-state index is -0.387. The van der Waals surface area contributed by atoms with E-state index in [1.165, 1.54) is 6.07 Å². The number of cyclic esters (lactones) is 1. The van der Waals surface area contributed by atoms with E-state index in [0.29, 0.717) is 11.3 Å². The van der Waals surface area contributed by atoms with E-state index in [1.807, 2.05) is 0 Å². The van der Waals surface area contributed by atoms with Crippen molar-refractivity contribution >= 4 is 5.97 Å². The summed E-state index contributed by atoms with van der Waals surface area (Å²) >= 11 is 0. The van der Waals surface area contributed by atoms with Crippen molar-refractivity contribution in [2.75, 3.05) is 0 Å². The third-order valence-corrected chi connectivity index (χ3v) is 2.26. The van der Waals surface area contributed by atoms with Crippen LogP contribution in [0.15, 0.2) is 12.1 Å². The van der Waals surface area contributed by atoms with Crippen molar-refractivity contribution < 1.29 is 19.2 Å². The fourth-order valence-corrected chi connectivity index (χ4v) is 1.56. The molecule has 80 valence electrons. The third kappa shape index (κ3) is 1.65. The minimum absolute atomic E-state index is 0.177. The zero-order valence-electron chi connectivity index (χ0n) is 7.86. The molecule has 1 aliphatic heterocycles. The van der Waals surface area contributed by atoms with E-state index in [1.54, 1.807) is 6.07 Å². The van der Waals surface area contributed by atoms with Gasteiger partial charge in [-0.3, -0.25) is 4.84 Å². The average molecular weight is 210 g/mol. The highest BCUT2D eigenvalue weighted by Crippen LogP contribution is 2.28. The molecule has 0 spiro atoms. The summed E-state index contributed by atoms with van der Waals surface area (Å²) in [6, 6.07) is 3.19. The first-order valence-corrected chi connectivity index (χ1v) is 4.27. The topological polar surface area (TPSA) is 96.8 Å². The fraction of sp³-hybridized carbons (Fsp3) is 0.222. The normalized spacial score (nSPS) is 13.6. The summed E-state index contributed by atoms with van der Waals surface area (Å²) in [5.41, 5.74) is 1.96. The van der Waals surface area contributed by atoms with Crippen LogP contribution >= 0.6 is 0 Å². The largest absolute Gasteiger partial charge is 0.457 e. The van der Waals surface area contributed by atoms with Crippen molar-refractivity contribution in [3.63, 3.8) is 0 Å². The van der Waals surface area contributed by atoms with Gasteiger partial charge in [0.1, 0.15) is 12.4 Å². The number of ether oxygens (including phenoxy) is 1. The molecule has 0 saturated carbocycles. The first-order chi connectivity index (χ1) is 7.26. The molecule has 1 aromatic carbocycles. The molecule has 1 aromatic rings. The highest BCUT2D eigenvalue weighted by Gasteiger charge is 2.25. The van der Waals surface area contributed by atoms with Crippen LogP contribution in [0, 0.1) is 0 Å². The van der Waals surface area contributed by atoms with Crippen LogP contribution in [0.1, 0.15) is 21.5 Å². The predicted molar refractivity (Wildman–Crippen MR) is 49.4 cm³/mol. The third-order valence-electron chi connectivity index (χ3n) is 2.26. The number of fused-ring (bicyclic) bond motifs is 1. The highest BCUT2D eigenvalue weighted by atomic mass is 16.6. The number of rotatable bonds is 3. The summed E-state index contributed by atoms with van der Waals surface area (Å²) in [5.74, 6) is 10.0. The molecule has 0 unspecified atom stereocenters. The Hall–Kier alpha value is -1.63. The quantitative estimate of drug-likeness (QED) is 0.538. The molecular weight excluding hydrogens is 200 g/mol. The van der Waals surface area contributed by atoms with Crippen LogP contribution in [0.4, 0.5) is 0 Å². The monoisotopic (exact) mass is 210 g/mol. The van der Waals surface area contributed by atoms with Crippen LogP contribution in [-0.4, -0.2) is 5.97 Å². The van der Waals surface area contributed by atoms with E-state index in [-0.39, 0.29) is 19.2 Å². The van der Waals surface area contributed by atoms with Crippen molar-refractivity contribution in [2.45, 2.75) is 13.2 Å². The zero-order valence-corrected chi connectivity index (χ0v) is 7.86. The zero-order chi connectivity index (χ0) is 10.8. The van der Waals surface area contributed by atoms with Crippen LogP contribution < -0.4 is 16.6 Å². The Morgan fingerprint density at radius 2 is 2.20 bits per heavy atom. The summed E-state index contributed by atoms with van der Waals surface area (Å²) < 4.78 is 4.88.